The van der Waals surface area contributed by atoms with Gasteiger partial charge in [0.2, 0.25) is 10.0 Å². The third-order valence-corrected chi connectivity index (χ3v) is 6.77. The Morgan fingerprint density at radius 1 is 1.30 bits per heavy atom. The van der Waals surface area contributed by atoms with Crippen molar-refractivity contribution in [3.63, 3.8) is 0 Å². The average Bonchev–Trinajstić information content (AvgIpc) is 2.90. The van der Waals surface area contributed by atoms with Crippen LogP contribution >= 0.6 is 0 Å². The highest BCUT2D eigenvalue weighted by atomic mass is 32.2. The molecule has 1 atom stereocenters. The molecule has 2 aliphatic rings. The lowest BCUT2D eigenvalue weighted by Gasteiger charge is -2.49. The lowest BCUT2D eigenvalue weighted by Crippen LogP contribution is -2.65. The number of aryl methyl sites for hydroxylation is 1. The molecule has 0 N–H and O–H groups in total. The molecule has 2 saturated heterocycles. The predicted octanol–water partition coefficient (Wildman–Crippen LogP) is 2.20. The van der Waals surface area contributed by atoms with Gasteiger partial charge in [-0.15, -0.1) is 0 Å². The molecule has 0 aromatic heterocycles. The van der Waals surface area contributed by atoms with Gasteiger partial charge in [0.15, 0.2) is 0 Å². The molecule has 23 heavy (non-hydrogen) atoms. The predicted molar refractivity (Wildman–Crippen MR) is 87.8 cm³/mol. The van der Waals surface area contributed by atoms with Crippen LogP contribution in [0.15, 0.2) is 29.2 Å². The molecule has 0 saturated carbocycles. The van der Waals surface area contributed by atoms with E-state index in [1.165, 1.54) is 4.31 Å². The van der Waals surface area contributed by atoms with E-state index in [1.54, 1.807) is 12.1 Å². The van der Waals surface area contributed by atoms with Gasteiger partial charge in [-0.25, -0.2) is 8.42 Å². The average molecular weight is 339 g/mol. The first kappa shape index (κ1) is 16.9. The molecule has 5 nitrogen and oxygen atoms in total. The maximum Gasteiger partial charge on any atom is 0.243 e. The molecule has 0 radical (unpaired) electrons. The topological polar surface area (TPSA) is 55.8 Å². The van der Waals surface area contributed by atoms with E-state index in [0.717, 1.165) is 31.6 Å². The van der Waals surface area contributed by atoms with Crippen LogP contribution < -0.4 is 0 Å². The Balaban J connectivity index is 1.66. The summed E-state index contributed by atoms with van der Waals surface area (Å²) in [5.41, 5.74) is 0.758. The first-order chi connectivity index (χ1) is 11.0. The van der Waals surface area contributed by atoms with Crippen LogP contribution in [0.3, 0.4) is 0 Å². The minimum atomic E-state index is -3.41. The highest BCUT2D eigenvalue weighted by molar-refractivity contribution is 7.89. The van der Waals surface area contributed by atoms with Crippen LogP contribution in [-0.4, -0.2) is 51.2 Å². The van der Waals surface area contributed by atoms with Gasteiger partial charge in [0.05, 0.1) is 10.5 Å². The fourth-order valence-electron chi connectivity index (χ4n) is 3.49. The van der Waals surface area contributed by atoms with Crippen molar-refractivity contribution in [2.24, 2.45) is 5.92 Å². The van der Waals surface area contributed by atoms with Crippen LogP contribution in [0.2, 0.25) is 0 Å². The summed E-state index contributed by atoms with van der Waals surface area (Å²) in [7, 11) is -3.41. The molecule has 2 aliphatic heterocycles. The van der Waals surface area contributed by atoms with Crippen molar-refractivity contribution < 1.29 is 17.9 Å². The van der Waals surface area contributed by atoms with Crippen molar-refractivity contribution >= 4 is 10.0 Å². The summed E-state index contributed by atoms with van der Waals surface area (Å²) in [5, 5.41) is 0. The zero-order valence-electron chi connectivity index (χ0n) is 13.8. The molecular formula is C17H25NO4S. The fraction of sp³-hybridized carbons (Fsp3) is 0.647. The van der Waals surface area contributed by atoms with Crippen molar-refractivity contribution in [3.05, 3.63) is 29.8 Å². The third kappa shape index (κ3) is 3.18. The van der Waals surface area contributed by atoms with E-state index in [9.17, 15) is 8.42 Å². The molecule has 0 amide bonds. The first-order valence-electron chi connectivity index (χ1n) is 8.26. The highest BCUT2D eigenvalue weighted by Crippen LogP contribution is 2.43. The van der Waals surface area contributed by atoms with Gasteiger partial charge < -0.3 is 9.47 Å². The van der Waals surface area contributed by atoms with E-state index < -0.39 is 10.0 Å². The molecule has 1 aromatic carbocycles. The molecule has 1 spiro atoms. The molecule has 6 heteroatoms. The second kappa shape index (κ2) is 6.51. The fourth-order valence-corrected chi connectivity index (χ4v) is 5.05. The summed E-state index contributed by atoms with van der Waals surface area (Å²) in [4.78, 5) is 0.363. The standard InChI is InChI=1S/C17H25NO4S/c1-3-21-10-8-15-9-11-22-17(15)12-18(13-17)23(19,20)16-6-4-14(2)5-7-16/h4-7,15H,3,8-13H2,1-2H3/t15-/m1/s1. The third-order valence-electron chi connectivity index (χ3n) is 4.96. The van der Waals surface area contributed by atoms with E-state index in [4.69, 9.17) is 9.47 Å². The number of sulfonamides is 1. The molecule has 1 aromatic rings. The van der Waals surface area contributed by atoms with Gasteiger partial charge in [-0.05, 0) is 44.7 Å². The molecular weight excluding hydrogens is 314 g/mol. The van der Waals surface area contributed by atoms with E-state index in [1.807, 2.05) is 26.0 Å². The van der Waals surface area contributed by atoms with Crippen LogP contribution in [0, 0.1) is 12.8 Å². The van der Waals surface area contributed by atoms with Crippen molar-refractivity contribution in [2.75, 3.05) is 32.9 Å². The first-order valence-corrected chi connectivity index (χ1v) is 9.70. The maximum absolute atomic E-state index is 12.7. The Bertz CT molecular complexity index is 635. The number of benzene rings is 1. The van der Waals surface area contributed by atoms with E-state index in [-0.39, 0.29) is 5.60 Å². The summed E-state index contributed by atoms with van der Waals surface area (Å²) in [5.74, 6) is 0.388. The van der Waals surface area contributed by atoms with Crippen molar-refractivity contribution in [1.29, 1.82) is 0 Å². The Morgan fingerprint density at radius 3 is 2.65 bits per heavy atom. The second-order valence-corrected chi connectivity index (χ2v) is 8.41. The number of rotatable bonds is 6. The maximum atomic E-state index is 12.7. The van der Waals surface area contributed by atoms with Gasteiger partial charge in [0, 0.05) is 32.9 Å². The summed E-state index contributed by atoms with van der Waals surface area (Å²) in [6, 6.07) is 7.02. The molecule has 128 valence electrons. The minimum Gasteiger partial charge on any atom is -0.382 e. The Hall–Kier alpha value is -0.950. The van der Waals surface area contributed by atoms with Gasteiger partial charge in [-0.1, -0.05) is 17.7 Å². The van der Waals surface area contributed by atoms with E-state index in [2.05, 4.69) is 0 Å². The molecule has 0 unspecified atom stereocenters. The molecule has 2 heterocycles. The number of nitrogens with zero attached hydrogens (tertiary/aromatic N) is 1. The lowest BCUT2D eigenvalue weighted by atomic mass is 9.80. The quantitative estimate of drug-likeness (QED) is 0.746. The van der Waals surface area contributed by atoms with Crippen molar-refractivity contribution in [1.82, 2.24) is 4.31 Å². The van der Waals surface area contributed by atoms with Crippen LogP contribution in [0.5, 0.6) is 0 Å². The van der Waals surface area contributed by atoms with E-state index >= 15 is 0 Å². The number of hydrogen-bond donors (Lipinski definition) is 0. The SMILES string of the molecule is CCOCC[C@@H]1CCOC12CN(S(=O)(=O)c1ccc(C)cc1)C2. The van der Waals surface area contributed by atoms with Crippen LogP contribution in [0.25, 0.3) is 0 Å². The molecule has 0 aliphatic carbocycles. The van der Waals surface area contributed by atoms with Crippen LogP contribution in [0.1, 0.15) is 25.3 Å². The summed E-state index contributed by atoms with van der Waals surface area (Å²) >= 11 is 0. The Labute approximate surface area is 138 Å². The smallest absolute Gasteiger partial charge is 0.243 e. The Kier molecular flexibility index (Phi) is 4.78. The summed E-state index contributed by atoms with van der Waals surface area (Å²) < 4.78 is 38.3. The number of hydrogen-bond acceptors (Lipinski definition) is 4. The molecule has 3 rings (SSSR count). The van der Waals surface area contributed by atoms with Crippen LogP contribution in [0.4, 0.5) is 0 Å². The van der Waals surface area contributed by atoms with Gasteiger partial charge >= 0.3 is 0 Å². The summed E-state index contributed by atoms with van der Waals surface area (Å²) in [6.45, 7) is 7.01. The van der Waals surface area contributed by atoms with Gasteiger partial charge in [0.25, 0.3) is 0 Å². The lowest BCUT2D eigenvalue weighted by molar-refractivity contribution is -0.105. The minimum absolute atomic E-state index is 0.297. The van der Waals surface area contributed by atoms with Gasteiger partial charge in [0.1, 0.15) is 0 Å². The van der Waals surface area contributed by atoms with E-state index in [0.29, 0.717) is 30.5 Å². The normalized spacial score (nSPS) is 24.0. The molecule has 2 fully saturated rings. The monoisotopic (exact) mass is 339 g/mol. The van der Waals surface area contributed by atoms with Gasteiger partial charge in [-0.2, -0.15) is 4.31 Å². The highest BCUT2D eigenvalue weighted by Gasteiger charge is 2.56. The second-order valence-electron chi connectivity index (χ2n) is 6.47. The largest absolute Gasteiger partial charge is 0.382 e. The Morgan fingerprint density at radius 2 is 2.00 bits per heavy atom. The zero-order valence-corrected chi connectivity index (χ0v) is 14.6. The zero-order chi connectivity index (χ0) is 16.5. The van der Waals surface area contributed by atoms with Crippen molar-refractivity contribution in [3.8, 4) is 0 Å². The van der Waals surface area contributed by atoms with Gasteiger partial charge in [-0.3, -0.25) is 0 Å². The summed E-state index contributed by atoms with van der Waals surface area (Å²) in [6.07, 6.45) is 1.93. The van der Waals surface area contributed by atoms with Crippen LogP contribution in [-0.2, 0) is 19.5 Å². The molecule has 0 bridgehead atoms. The van der Waals surface area contributed by atoms with Crippen molar-refractivity contribution in [2.45, 2.75) is 37.2 Å². The number of ether oxygens (including phenoxy) is 2.